The van der Waals surface area contributed by atoms with Crippen LogP contribution in [0.3, 0.4) is 0 Å². The van der Waals surface area contributed by atoms with E-state index < -0.39 is 0 Å². The zero-order chi connectivity index (χ0) is 15.4. The van der Waals surface area contributed by atoms with E-state index in [1.165, 1.54) is 10.6 Å². The minimum absolute atomic E-state index is 0.0798. The van der Waals surface area contributed by atoms with E-state index in [0.717, 1.165) is 30.2 Å². The SMILES string of the molecule is CNC(=O)NC1CCC(Oc2cc(=O)n(C)cc2Br)CC1. The molecule has 1 saturated carbocycles. The first-order valence-corrected chi connectivity index (χ1v) is 7.80. The second-order valence-electron chi connectivity index (χ2n) is 5.25. The second-order valence-corrected chi connectivity index (χ2v) is 6.10. The largest absolute Gasteiger partial charge is 0.489 e. The van der Waals surface area contributed by atoms with Gasteiger partial charge in [0.1, 0.15) is 5.75 Å². The zero-order valence-corrected chi connectivity index (χ0v) is 13.8. The third-order valence-electron chi connectivity index (χ3n) is 3.67. The number of pyridine rings is 1. The standard InChI is InChI=1S/C14H20BrN3O3/c1-16-14(20)17-9-3-5-10(6-4-9)21-12-7-13(19)18(2)8-11(12)15/h7-10H,3-6H2,1-2H3,(H2,16,17,20). The summed E-state index contributed by atoms with van der Waals surface area (Å²) in [5.41, 5.74) is -0.0943. The maximum Gasteiger partial charge on any atom is 0.314 e. The van der Waals surface area contributed by atoms with Crippen molar-refractivity contribution in [3.8, 4) is 5.75 Å². The lowest BCUT2D eigenvalue weighted by molar-refractivity contribution is 0.139. The number of aromatic nitrogens is 1. The monoisotopic (exact) mass is 357 g/mol. The van der Waals surface area contributed by atoms with Gasteiger partial charge in [-0.2, -0.15) is 0 Å². The second kappa shape index (κ2) is 6.98. The van der Waals surface area contributed by atoms with Gasteiger partial charge in [0.2, 0.25) is 0 Å². The highest BCUT2D eigenvalue weighted by Crippen LogP contribution is 2.28. The van der Waals surface area contributed by atoms with Crippen molar-refractivity contribution >= 4 is 22.0 Å². The molecule has 116 valence electrons. The Morgan fingerprint density at radius 1 is 1.38 bits per heavy atom. The highest BCUT2D eigenvalue weighted by molar-refractivity contribution is 9.10. The number of carbonyl (C=O) groups excluding carboxylic acids is 1. The van der Waals surface area contributed by atoms with Crippen LogP contribution in [0.5, 0.6) is 5.75 Å². The van der Waals surface area contributed by atoms with Crippen LogP contribution in [0, 0.1) is 0 Å². The summed E-state index contributed by atoms with van der Waals surface area (Å²) in [5, 5.41) is 5.47. The van der Waals surface area contributed by atoms with Gasteiger partial charge in [-0.1, -0.05) is 0 Å². The Balaban J connectivity index is 1.90. The van der Waals surface area contributed by atoms with E-state index in [1.54, 1.807) is 20.3 Å². The minimum Gasteiger partial charge on any atom is -0.489 e. The molecule has 0 spiro atoms. The molecule has 21 heavy (non-hydrogen) atoms. The van der Waals surface area contributed by atoms with Crippen LogP contribution in [-0.2, 0) is 7.05 Å². The number of nitrogens with one attached hydrogen (secondary N) is 2. The van der Waals surface area contributed by atoms with Crippen molar-refractivity contribution in [3.63, 3.8) is 0 Å². The first kappa shape index (κ1) is 15.9. The number of amides is 2. The van der Waals surface area contributed by atoms with Crippen molar-refractivity contribution in [3.05, 3.63) is 27.1 Å². The van der Waals surface area contributed by atoms with E-state index in [2.05, 4.69) is 26.6 Å². The van der Waals surface area contributed by atoms with E-state index in [9.17, 15) is 9.59 Å². The number of halogens is 1. The maximum absolute atomic E-state index is 11.6. The molecule has 1 aliphatic rings. The number of aryl methyl sites for hydroxylation is 1. The number of carbonyl (C=O) groups is 1. The molecule has 0 unspecified atom stereocenters. The number of ether oxygens (including phenoxy) is 1. The summed E-state index contributed by atoms with van der Waals surface area (Å²) in [7, 11) is 3.31. The molecule has 2 rings (SSSR count). The lowest BCUT2D eigenvalue weighted by atomic mass is 9.93. The molecular weight excluding hydrogens is 338 g/mol. The quantitative estimate of drug-likeness (QED) is 0.865. The van der Waals surface area contributed by atoms with Crippen molar-refractivity contribution in [2.75, 3.05) is 7.05 Å². The molecule has 1 aromatic rings. The fraction of sp³-hybridized carbons (Fsp3) is 0.571. The first-order valence-electron chi connectivity index (χ1n) is 7.00. The highest BCUT2D eigenvalue weighted by Gasteiger charge is 2.24. The number of urea groups is 1. The molecule has 6 nitrogen and oxygen atoms in total. The molecule has 0 bridgehead atoms. The van der Waals surface area contributed by atoms with E-state index in [0.29, 0.717) is 5.75 Å². The third-order valence-corrected chi connectivity index (χ3v) is 4.27. The molecule has 0 atom stereocenters. The number of rotatable bonds is 3. The molecule has 0 radical (unpaired) electrons. The van der Waals surface area contributed by atoms with Gasteiger partial charge in [0.15, 0.2) is 0 Å². The summed E-state index contributed by atoms with van der Waals surface area (Å²) in [6.45, 7) is 0. The number of hydrogen-bond donors (Lipinski definition) is 2. The van der Waals surface area contributed by atoms with Crippen LogP contribution in [-0.4, -0.2) is 29.8 Å². The molecule has 2 N–H and O–H groups in total. The molecule has 1 aromatic heterocycles. The van der Waals surface area contributed by atoms with Crippen molar-refractivity contribution in [2.45, 2.75) is 37.8 Å². The molecule has 0 aliphatic heterocycles. The summed E-state index contributed by atoms with van der Waals surface area (Å²) in [6, 6.07) is 1.55. The normalized spacial score (nSPS) is 21.7. The van der Waals surface area contributed by atoms with Gasteiger partial charge in [-0.3, -0.25) is 4.79 Å². The van der Waals surface area contributed by atoms with Gasteiger partial charge < -0.3 is 19.9 Å². The molecule has 1 fully saturated rings. The van der Waals surface area contributed by atoms with Crippen LogP contribution in [0.1, 0.15) is 25.7 Å². The molecule has 1 aliphatic carbocycles. The predicted octanol–water partition coefficient (Wildman–Crippen LogP) is 1.77. The minimum atomic E-state index is -0.145. The average molecular weight is 358 g/mol. The van der Waals surface area contributed by atoms with Crippen molar-refractivity contribution in [1.29, 1.82) is 0 Å². The van der Waals surface area contributed by atoms with Gasteiger partial charge in [-0.05, 0) is 41.6 Å². The summed E-state index contributed by atoms with van der Waals surface area (Å²) in [5.74, 6) is 0.584. The summed E-state index contributed by atoms with van der Waals surface area (Å²) in [4.78, 5) is 22.9. The molecule has 7 heteroatoms. The fourth-order valence-corrected chi connectivity index (χ4v) is 2.95. The fourth-order valence-electron chi connectivity index (χ4n) is 2.43. The lowest BCUT2D eigenvalue weighted by Gasteiger charge is -2.29. The van der Waals surface area contributed by atoms with Crippen LogP contribution in [0.25, 0.3) is 0 Å². The molecule has 2 amide bonds. The summed E-state index contributed by atoms with van der Waals surface area (Å²) in [6.07, 6.45) is 5.25. The average Bonchev–Trinajstić information content (AvgIpc) is 2.46. The van der Waals surface area contributed by atoms with Crippen LogP contribution in [0.2, 0.25) is 0 Å². The van der Waals surface area contributed by atoms with Crippen LogP contribution in [0.4, 0.5) is 4.79 Å². The van der Waals surface area contributed by atoms with E-state index in [1.807, 2.05) is 0 Å². The van der Waals surface area contributed by atoms with Crippen molar-refractivity contribution < 1.29 is 9.53 Å². The number of hydrogen-bond acceptors (Lipinski definition) is 3. The van der Waals surface area contributed by atoms with Gasteiger partial charge in [0.05, 0.1) is 10.6 Å². The highest BCUT2D eigenvalue weighted by atomic mass is 79.9. The van der Waals surface area contributed by atoms with Crippen molar-refractivity contribution in [1.82, 2.24) is 15.2 Å². The van der Waals surface area contributed by atoms with Crippen LogP contribution < -0.4 is 20.9 Å². The predicted molar refractivity (Wildman–Crippen MR) is 83.6 cm³/mol. The Labute approximate surface area is 132 Å². The smallest absolute Gasteiger partial charge is 0.314 e. The van der Waals surface area contributed by atoms with Crippen LogP contribution in [0.15, 0.2) is 21.5 Å². The molecule has 0 aromatic carbocycles. The Hall–Kier alpha value is -1.50. The van der Waals surface area contributed by atoms with Gasteiger partial charge in [-0.25, -0.2) is 4.79 Å². The van der Waals surface area contributed by atoms with Crippen LogP contribution >= 0.6 is 15.9 Å². The number of nitrogens with zero attached hydrogens (tertiary/aromatic N) is 1. The maximum atomic E-state index is 11.6. The Bertz CT molecular complexity index is 565. The zero-order valence-electron chi connectivity index (χ0n) is 12.2. The first-order chi connectivity index (χ1) is 9.99. The van der Waals surface area contributed by atoms with E-state index in [-0.39, 0.29) is 23.7 Å². The van der Waals surface area contributed by atoms with E-state index >= 15 is 0 Å². The van der Waals surface area contributed by atoms with Gasteiger partial charge in [0, 0.05) is 32.4 Å². The summed E-state index contributed by atoms with van der Waals surface area (Å²) >= 11 is 3.41. The Kier molecular flexibility index (Phi) is 5.27. The third kappa shape index (κ3) is 4.23. The lowest BCUT2D eigenvalue weighted by Crippen LogP contribution is -2.43. The van der Waals surface area contributed by atoms with Gasteiger partial charge in [0.25, 0.3) is 5.56 Å². The summed E-state index contributed by atoms with van der Waals surface area (Å²) < 4.78 is 8.19. The Morgan fingerprint density at radius 3 is 2.67 bits per heavy atom. The molecule has 1 heterocycles. The van der Waals surface area contributed by atoms with E-state index in [4.69, 9.17) is 4.74 Å². The van der Waals surface area contributed by atoms with Gasteiger partial charge >= 0.3 is 6.03 Å². The molecular formula is C14H20BrN3O3. The van der Waals surface area contributed by atoms with Crippen molar-refractivity contribution in [2.24, 2.45) is 7.05 Å². The molecule has 0 saturated heterocycles. The Morgan fingerprint density at radius 2 is 2.05 bits per heavy atom. The topological polar surface area (TPSA) is 72.4 Å². The van der Waals surface area contributed by atoms with Gasteiger partial charge in [-0.15, -0.1) is 0 Å².